The third kappa shape index (κ3) is 6.17. The van der Waals surface area contributed by atoms with Crippen LogP contribution in [0.2, 0.25) is 0 Å². The summed E-state index contributed by atoms with van der Waals surface area (Å²) in [6.45, 7) is 3.84. The molecule has 0 amide bonds. The van der Waals surface area contributed by atoms with Crippen molar-refractivity contribution >= 4 is 9.84 Å². The molecular formula is C30H25F5N4O5S. The van der Waals surface area contributed by atoms with Crippen LogP contribution in [0.5, 0.6) is 5.88 Å². The number of halogens is 5. The van der Waals surface area contributed by atoms with Crippen molar-refractivity contribution in [1.82, 2.24) is 19.5 Å². The van der Waals surface area contributed by atoms with E-state index >= 15 is 4.39 Å². The maximum Gasteiger partial charge on any atom is 0.434 e. The van der Waals surface area contributed by atoms with Gasteiger partial charge in [-0.3, -0.25) is 0 Å². The first-order valence-electron chi connectivity index (χ1n) is 13.3. The molecular weight excluding hydrogens is 623 g/mol. The SMILES string of the molecule is CCOc1ncc(-c2oc(C)nc2-c2cc(-c3cc(F)c(CO)c(S(C)(=O)=O)c3)ccc2-n2cc(C(F)(F)F)nc2C)cc1F. The van der Waals surface area contributed by atoms with Crippen LogP contribution in [0.4, 0.5) is 22.0 Å². The van der Waals surface area contributed by atoms with Crippen molar-refractivity contribution in [3.05, 3.63) is 83.4 Å². The number of rotatable bonds is 8. The van der Waals surface area contributed by atoms with Crippen molar-refractivity contribution < 1.29 is 44.6 Å². The van der Waals surface area contributed by atoms with Crippen molar-refractivity contribution in [3.63, 3.8) is 0 Å². The number of ether oxygens (including phenoxy) is 1. The van der Waals surface area contributed by atoms with Crippen LogP contribution in [0.25, 0.3) is 39.4 Å². The number of oxazole rings is 1. The van der Waals surface area contributed by atoms with E-state index in [0.717, 1.165) is 24.6 Å². The molecule has 0 bridgehead atoms. The standard InChI is InChI=1S/C30H25F5N4O5S/c1-5-43-29-23(32)10-19(12-36-29)28-27(38-16(3)44-28)20-8-17(18-9-22(31)21(14-40)25(11-18)45(4,41)42)6-7-24(20)39-13-26(30(33,34)35)37-15(39)2/h6-13,40H,5,14H2,1-4H3. The molecule has 15 heteroatoms. The normalized spacial score (nSPS) is 12.1. The molecule has 0 spiro atoms. The van der Waals surface area contributed by atoms with Crippen LogP contribution in [0.1, 0.15) is 29.9 Å². The van der Waals surface area contributed by atoms with Crippen molar-refractivity contribution in [2.45, 2.75) is 38.4 Å². The van der Waals surface area contributed by atoms with E-state index < -0.39 is 50.4 Å². The molecule has 0 unspecified atom stereocenters. The van der Waals surface area contributed by atoms with Crippen molar-refractivity contribution in [3.8, 4) is 45.3 Å². The third-order valence-corrected chi connectivity index (χ3v) is 7.98. The number of hydrogen-bond donors (Lipinski definition) is 1. The summed E-state index contributed by atoms with van der Waals surface area (Å²) in [6, 6.07) is 7.67. The molecule has 0 saturated carbocycles. The van der Waals surface area contributed by atoms with E-state index in [2.05, 4.69) is 15.0 Å². The lowest BCUT2D eigenvalue weighted by Gasteiger charge is -2.15. The molecule has 5 rings (SSSR count). The Kier molecular flexibility index (Phi) is 8.27. The fourth-order valence-electron chi connectivity index (χ4n) is 4.83. The predicted molar refractivity (Wildman–Crippen MR) is 152 cm³/mol. The van der Waals surface area contributed by atoms with Crippen LogP contribution < -0.4 is 4.74 Å². The Morgan fingerprint density at radius 1 is 1.00 bits per heavy atom. The Balaban J connectivity index is 1.79. The van der Waals surface area contributed by atoms with E-state index in [1.165, 1.54) is 48.9 Å². The molecule has 0 radical (unpaired) electrons. The first-order valence-corrected chi connectivity index (χ1v) is 15.2. The van der Waals surface area contributed by atoms with Gasteiger partial charge in [0.25, 0.3) is 0 Å². The molecule has 9 nitrogen and oxygen atoms in total. The lowest BCUT2D eigenvalue weighted by Crippen LogP contribution is -2.06. The monoisotopic (exact) mass is 648 g/mol. The van der Waals surface area contributed by atoms with Gasteiger partial charge in [-0.25, -0.2) is 32.2 Å². The number of hydrogen-bond acceptors (Lipinski definition) is 8. The number of benzene rings is 2. The summed E-state index contributed by atoms with van der Waals surface area (Å²) in [5.74, 6) is -1.89. The van der Waals surface area contributed by atoms with E-state index in [0.29, 0.717) is 0 Å². The van der Waals surface area contributed by atoms with Crippen molar-refractivity contribution in [2.75, 3.05) is 12.9 Å². The zero-order valence-corrected chi connectivity index (χ0v) is 25.0. The summed E-state index contributed by atoms with van der Waals surface area (Å²) in [7, 11) is -3.98. The Labute approximate surface area is 253 Å². The molecule has 1 N–H and O–H groups in total. The van der Waals surface area contributed by atoms with Crippen LogP contribution in [0.3, 0.4) is 0 Å². The van der Waals surface area contributed by atoms with Gasteiger partial charge in [-0.05, 0) is 55.3 Å². The minimum Gasteiger partial charge on any atom is -0.476 e. The fourth-order valence-corrected chi connectivity index (χ4v) is 5.78. The van der Waals surface area contributed by atoms with Gasteiger partial charge in [-0.1, -0.05) is 6.07 Å². The number of aromatic nitrogens is 4. The highest BCUT2D eigenvalue weighted by Gasteiger charge is 2.35. The number of sulfone groups is 1. The van der Waals surface area contributed by atoms with Gasteiger partial charge in [0.2, 0.25) is 5.88 Å². The van der Waals surface area contributed by atoms with E-state index in [-0.39, 0.29) is 63.6 Å². The summed E-state index contributed by atoms with van der Waals surface area (Å²) in [5, 5.41) is 9.62. The highest BCUT2D eigenvalue weighted by Crippen LogP contribution is 2.40. The summed E-state index contributed by atoms with van der Waals surface area (Å²) < 4.78 is 108. The highest BCUT2D eigenvalue weighted by molar-refractivity contribution is 7.90. The zero-order valence-electron chi connectivity index (χ0n) is 24.2. The van der Waals surface area contributed by atoms with Gasteiger partial charge < -0.3 is 18.8 Å². The maximum atomic E-state index is 15.1. The topological polar surface area (TPSA) is 120 Å². The Morgan fingerprint density at radius 2 is 1.71 bits per heavy atom. The zero-order chi connectivity index (χ0) is 32.8. The second kappa shape index (κ2) is 11.7. The van der Waals surface area contributed by atoms with Gasteiger partial charge in [0.05, 0.1) is 23.8 Å². The molecule has 0 aliphatic heterocycles. The van der Waals surface area contributed by atoms with E-state index in [4.69, 9.17) is 9.15 Å². The van der Waals surface area contributed by atoms with Crippen LogP contribution >= 0.6 is 0 Å². The predicted octanol–water partition coefficient (Wildman–Crippen LogP) is 6.46. The van der Waals surface area contributed by atoms with Gasteiger partial charge in [-0.15, -0.1) is 0 Å². The quantitative estimate of drug-likeness (QED) is 0.190. The molecule has 3 aromatic heterocycles. The average Bonchev–Trinajstić information content (AvgIpc) is 3.55. The molecule has 2 aromatic carbocycles. The Bertz CT molecular complexity index is 2040. The number of imidazole rings is 1. The number of aliphatic hydroxyl groups is 1. The Hall–Kier alpha value is -4.63. The van der Waals surface area contributed by atoms with Crippen molar-refractivity contribution in [1.29, 1.82) is 0 Å². The smallest absolute Gasteiger partial charge is 0.434 e. The summed E-state index contributed by atoms with van der Waals surface area (Å²) in [6.07, 6.45) is -1.79. The Morgan fingerprint density at radius 3 is 2.31 bits per heavy atom. The van der Waals surface area contributed by atoms with Crippen molar-refractivity contribution in [2.24, 2.45) is 0 Å². The van der Waals surface area contributed by atoms with Crippen LogP contribution in [-0.4, -0.2) is 45.9 Å². The number of aliphatic hydroxyl groups excluding tert-OH is 1. The molecule has 236 valence electrons. The fraction of sp³-hybridized carbons (Fsp3) is 0.233. The second-order valence-corrected chi connectivity index (χ2v) is 12.0. The van der Waals surface area contributed by atoms with E-state index in [1.807, 2.05) is 0 Å². The number of pyridine rings is 1. The summed E-state index contributed by atoms with van der Waals surface area (Å²) in [5.41, 5.74) is -0.689. The van der Waals surface area contributed by atoms with Crippen LogP contribution in [0.15, 0.2) is 58.1 Å². The van der Waals surface area contributed by atoms with Gasteiger partial charge in [-0.2, -0.15) is 13.2 Å². The summed E-state index contributed by atoms with van der Waals surface area (Å²) >= 11 is 0. The minimum absolute atomic E-state index is 0.0211. The lowest BCUT2D eigenvalue weighted by atomic mass is 9.97. The average molecular weight is 649 g/mol. The molecule has 5 aromatic rings. The largest absolute Gasteiger partial charge is 0.476 e. The lowest BCUT2D eigenvalue weighted by molar-refractivity contribution is -0.141. The number of nitrogens with zero attached hydrogens (tertiary/aromatic N) is 4. The molecule has 0 saturated heterocycles. The third-order valence-electron chi connectivity index (χ3n) is 6.81. The molecule has 45 heavy (non-hydrogen) atoms. The van der Waals surface area contributed by atoms with Gasteiger partial charge in [0.15, 0.2) is 33.0 Å². The first kappa shape index (κ1) is 31.8. The van der Waals surface area contributed by atoms with Crippen LogP contribution in [0, 0.1) is 25.5 Å². The molecule has 3 heterocycles. The molecule has 0 aliphatic carbocycles. The van der Waals surface area contributed by atoms with E-state index in [9.17, 15) is 31.1 Å². The second-order valence-electron chi connectivity index (χ2n) is 9.99. The first-order chi connectivity index (χ1) is 21.1. The summed E-state index contributed by atoms with van der Waals surface area (Å²) in [4.78, 5) is 11.7. The van der Waals surface area contributed by atoms with E-state index in [1.54, 1.807) is 6.92 Å². The van der Waals surface area contributed by atoms with Crippen LogP contribution in [-0.2, 0) is 22.6 Å². The molecule has 0 fully saturated rings. The maximum absolute atomic E-state index is 15.1. The van der Waals surface area contributed by atoms with Gasteiger partial charge in [0, 0.05) is 42.3 Å². The minimum atomic E-state index is -4.74. The van der Waals surface area contributed by atoms with Gasteiger partial charge in [0.1, 0.15) is 17.3 Å². The van der Waals surface area contributed by atoms with Gasteiger partial charge >= 0.3 is 6.18 Å². The molecule has 0 aliphatic rings. The number of aryl methyl sites for hydroxylation is 2. The highest BCUT2D eigenvalue weighted by atomic mass is 32.2. The molecule has 0 atom stereocenters. The number of alkyl halides is 3.